The summed E-state index contributed by atoms with van der Waals surface area (Å²) in [6.07, 6.45) is 6.90. The standard InChI is InChI=1S/C22H31N5O4S/c1-3-15-32(29,30)26-13-11-25(12-14-26)18-16-24-27(20-9-4-5-10-23-20)22(28)21(18)31-19-8-6-7-17(19)2/h4-5,9-10,16-17,19H,3,6-8,11-15H2,1-2H3/t17-,19-/m1/s1. The molecular formula is C22H31N5O4S. The second-order valence-corrected chi connectivity index (χ2v) is 10.6. The second kappa shape index (κ2) is 9.58. The molecule has 0 bridgehead atoms. The Labute approximate surface area is 189 Å². The molecule has 2 aromatic heterocycles. The Morgan fingerprint density at radius 1 is 1.16 bits per heavy atom. The molecule has 3 heterocycles. The SMILES string of the molecule is CCCS(=O)(=O)N1CCN(c2cnn(-c3ccccn3)c(=O)c2O[C@@H]2CCC[C@H]2C)CC1. The summed E-state index contributed by atoms with van der Waals surface area (Å²) in [6, 6.07) is 5.32. The van der Waals surface area contributed by atoms with E-state index in [1.54, 1.807) is 30.6 Å². The van der Waals surface area contributed by atoms with Gasteiger partial charge in [-0.1, -0.05) is 19.9 Å². The second-order valence-electron chi connectivity index (χ2n) is 8.53. The van der Waals surface area contributed by atoms with Gasteiger partial charge in [-0.05, 0) is 43.7 Å². The lowest BCUT2D eigenvalue weighted by Crippen LogP contribution is -2.49. The summed E-state index contributed by atoms with van der Waals surface area (Å²) >= 11 is 0. The van der Waals surface area contributed by atoms with Crippen molar-refractivity contribution in [3.8, 4) is 11.6 Å². The summed E-state index contributed by atoms with van der Waals surface area (Å²) in [5.74, 6) is 1.23. The first-order valence-electron chi connectivity index (χ1n) is 11.3. The predicted octanol–water partition coefficient (Wildman–Crippen LogP) is 2.06. The number of pyridine rings is 1. The van der Waals surface area contributed by atoms with Gasteiger partial charge in [-0.25, -0.2) is 13.4 Å². The molecule has 0 radical (unpaired) electrons. The average Bonchev–Trinajstić information content (AvgIpc) is 3.20. The van der Waals surface area contributed by atoms with E-state index < -0.39 is 10.0 Å². The molecule has 10 heteroatoms. The van der Waals surface area contributed by atoms with Crippen LogP contribution in [0.15, 0.2) is 35.4 Å². The number of rotatable bonds is 7. The van der Waals surface area contributed by atoms with Crippen LogP contribution >= 0.6 is 0 Å². The van der Waals surface area contributed by atoms with Crippen molar-refractivity contribution in [1.82, 2.24) is 19.1 Å². The molecule has 2 aliphatic rings. The van der Waals surface area contributed by atoms with Gasteiger partial charge in [0.2, 0.25) is 15.8 Å². The highest BCUT2D eigenvalue weighted by Gasteiger charge is 2.31. The highest BCUT2D eigenvalue weighted by atomic mass is 32.2. The molecule has 0 unspecified atom stereocenters. The number of hydrogen-bond acceptors (Lipinski definition) is 7. The van der Waals surface area contributed by atoms with Crippen molar-refractivity contribution in [1.29, 1.82) is 0 Å². The Hall–Kier alpha value is -2.46. The van der Waals surface area contributed by atoms with Crippen molar-refractivity contribution in [3.63, 3.8) is 0 Å². The van der Waals surface area contributed by atoms with Gasteiger partial charge in [-0.2, -0.15) is 14.1 Å². The topological polar surface area (TPSA) is 97.6 Å². The predicted molar refractivity (Wildman–Crippen MR) is 123 cm³/mol. The minimum atomic E-state index is -3.24. The van der Waals surface area contributed by atoms with Gasteiger partial charge >= 0.3 is 5.56 Å². The van der Waals surface area contributed by atoms with Crippen molar-refractivity contribution < 1.29 is 13.2 Å². The minimum absolute atomic E-state index is 0.0211. The summed E-state index contributed by atoms with van der Waals surface area (Å²) < 4.78 is 34.0. The van der Waals surface area contributed by atoms with E-state index in [-0.39, 0.29) is 23.2 Å². The molecule has 2 fully saturated rings. The van der Waals surface area contributed by atoms with Crippen molar-refractivity contribution in [2.75, 3.05) is 36.8 Å². The van der Waals surface area contributed by atoms with E-state index >= 15 is 0 Å². The Bertz CT molecular complexity index is 1080. The van der Waals surface area contributed by atoms with Gasteiger partial charge in [-0.15, -0.1) is 0 Å². The Balaban J connectivity index is 1.64. The first-order chi connectivity index (χ1) is 15.4. The van der Waals surface area contributed by atoms with Crippen LogP contribution in [0.3, 0.4) is 0 Å². The molecule has 9 nitrogen and oxygen atoms in total. The van der Waals surface area contributed by atoms with Crippen LogP contribution < -0.4 is 15.2 Å². The summed E-state index contributed by atoms with van der Waals surface area (Å²) in [5.41, 5.74) is 0.273. The van der Waals surface area contributed by atoms with E-state index in [0.717, 1.165) is 19.3 Å². The Morgan fingerprint density at radius 2 is 1.94 bits per heavy atom. The fourth-order valence-electron chi connectivity index (χ4n) is 4.44. The van der Waals surface area contributed by atoms with Crippen molar-refractivity contribution in [3.05, 3.63) is 40.9 Å². The monoisotopic (exact) mass is 461 g/mol. The molecule has 174 valence electrons. The highest BCUT2D eigenvalue weighted by molar-refractivity contribution is 7.89. The van der Waals surface area contributed by atoms with E-state index in [9.17, 15) is 13.2 Å². The van der Waals surface area contributed by atoms with Crippen molar-refractivity contribution in [2.24, 2.45) is 5.92 Å². The normalized spacial score (nSPS) is 22.2. The molecule has 32 heavy (non-hydrogen) atoms. The lowest BCUT2D eigenvalue weighted by Gasteiger charge is -2.36. The first kappa shape index (κ1) is 22.7. The largest absolute Gasteiger partial charge is 0.483 e. The van der Waals surface area contributed by atoms with Gasteiger partial charge in [0.25, 0.3) is 0 Å². The number of nitrogens with zero attached hydrogens (tertiary/aromatic N) is 5. The van der Waals surface area contributed by atoms with Gasteiger partial charge in [0.05, 0.1) is 11.9 Å². The van der Waals surface area contributed by atoms with E-state index in [1.165, 1.54) is 8.99 Å². The zero-order chi connectivity index (χ0) is 22.7. The molecule has 0 spiro atoms. The zero-order valence-electron chi connectivity index (χ0n) is 18.7. The molecule has 0 N–H and O–H groups in total. The summed E-state index contributed by atoms with van der Waals surface area (Å²) in [5, 5.41) is 4.36. The van der Waals surface area contributed by atoms with Crippen LogP contribution in [-0.2, 0) is 10.0 Å². The molecule has 0 amide bonds. The van der Waals surface area contributed by atoms with Crippen LogP contribution in [0, 0.1) is 5.92 Å². The van der Waals surface area contributed by atoms with Crippen LogP contribution in [0.2, 0.25) is 0 Å². The van der Waals surface area contributed by atoms with Gasteiger partial charge in [0, 0.05) is 32.4 Å². The third-order valence-corrected chi connectivity index (χ3v) is 8.34. The molecule has 1 saturated carbocycles. The molecule has 2 aromatic rings. The quantitative estimate of drug-likeness (QED) is 0.622. The maximum Gasteiger partial charge on any atom is 0.317 e. The number of ether oxygens (including phenoxy) is 1. The summed E-state index contributed by atoms with van der Waals surface area (Å²) in [4.78, 5) is 19.7. The van der Waals surface area contributed by atoms with Crippen LogP contribution in [-0.4, -0.2) is 65.5 Å². The number of sulfonamides is 1. The van der Waals surface area contributed by atoms with Crippen LogP contribution in [0.5, 0.6) is 5.75 Å². The van der Waals surface area contributed by atoms with E-state index in [2.05, 4.69) is 17.0 Å². The van der Waals surface area contributed by atoms with E-state index in [1.807, 2.05) is 11.8 Å². The molecule has 2 atom stereocenters. The molecule has 0 aromatic carbocycles. The van der Waals surface area contributed by atoms with Gasteiger partial charge < -0.3 is 9.64 Å². The molecule has 4 rings (SSSR count). The summed E-state index contributed by atoms with van der Waals surface area (Å²) in [6.45, 7) is 5.73. The maximum absolute atomic E-state index is 13.4. The fraction of sp³-hybridized carbons (Fsp3) is 0.591. The van der Waals surface area contributed by atoms with Crippen LogP contribution in [0.25, 0.3) is 5.82 Å². The Kier molecular flexibility index (Phi) is 6.80. The minimum Gasteiger partial charge on any atom is -0.483 e. The number of aromatic nitrogens is 3. The van der Waals surface area contributed by atoms with Crippen molar-refractivity contribution in [2.45, 2.75) is 45.6 Å². The molecule has 1 aliphatic heterocycles. The fourth-order valence-corrected chi connectivity index (χ4v) is 5.93. The number of piperazine rings is 1. The lowest BCUT2D eigenvalue weighted by atomic mass is 10.1. The third kappa shape index (κ3) is 4.66. The molecule has 1 aliphatic carbocycles. The van der Waals surface area contributed by atoms with Gasteiger partial charge in [0.15, 0.2) is 5.82 Å². The number of anilines is 1. The maximum atomic E-state index is 13.4. The van der Waals surface area contributed by atoms with Gasteiger partial charge in [-0.3, -0.25) is 4.79 Å². The molecule has 1 saturated heterocycles. The van der Waals surface area contributed by atoms with Gasteiger partial charge in [0.1, 0.15) is 11.8 Å². The first-order valence-corrected chi connectivity index (χ1v) is 12.9. The van der Waals surface area contributed by atoms with Crippen LogP contribution in [0.1, 0.15) is 39.5 Å². The lowest BCUT2D eigenvalue weighted by molar-refractivity contribution is 0.164. The summed E-state index contributed by atoms with van der Waals surface area (Å²) in [7, 11) is -3.24. The van der Waals surface area contributed by atoms with Crippen molar-refractivity contribution >= 4 is 15.7 Å². The third-order valence-electron chi connectivity index (χ3n) is 6.27. The van der Waals surface area contributed by atoms with E-state index in [4.69, 9.17) is 4.74 Å². The average molecular weight is 462 g/mol. The smallest absolute Gasteiger partial charge is 0.317 e. The highest BCUT2D eigenvalue weighted by Crippen LogP contribution is 2.33. The molecular weight excluding hydrogens is 430 g/mol. The zero-order valence-corrected chi connectivity index (χ0v) is 19.5. The Morgan fingerprint density at radius 3 is 2.56 bits per heavy atom. The number of hydrogen-bond donors (Lipinski definition) is 0. The van der Waals surface area contributed by atoms with E-state index in [0.29, 0.717) is 50.0 Å². The van der Waals surface area contributed by atoms with Crippen LogP contribution in [0.4, 0.5) is 5.69 Å².